The number of alkyl carbamates (subject to hydrolysis) is 1. The van der Waals surface area contributed by atoms with Gasteiger partial charge in [0.05, 0.1) is 37.4 Å². The molecule has 0 bridgehead atoms. The summed E-state index contributed by atoms with van der Waals surface area (Å²) in [6, 6.07) is 39.9. The molecule has 10 nitrogen and oxygen atoms in total. The van der Waals surface area contributed by atoms with Crippen LogP contribution in [0.3, 0.4) is 0 Å². The molecule has 0 aromatic heterocycles. The number of benzene rings is 4. The lowest BCUT2D eigenvalue weighted by atomic mass is 10.00. The van der Waals surface area contributed by atoms with Crippen LogP contribution in [0.1, 0.15) is 56.4 Å². The molecule has 320 valence electrons. The van der Waals surface area contributed by atoms with Crippen molar-refractivity contribution in [3.8, 4) is 0 Å². The smallest absolute Gasteiger partial charge is 0.407 e. The zero-order valence-electron chi connectivity index (χ0n) is 35.5. The molecule has 10 heteroatoms. The van der Waals surface area contributed by atoms with Crippen molar-refractivity contribution in [2.45, 2.75) is 96.7 Å². The molecule has 0 saturated carbocycles. The van der Waals surface area contributed by atoms with Crippen LogP contribution in [0.4, 0.5) is 4.79 Å². The Balaban J connectivity index is 0.000000241. The van der Waals surface area contributed by atoms with Crippen LogP contribution >= 0.6 is 0 Å². The molecule has 2 fully saturated rings. The molecule has 6 rings (SSSR count). The highest BCUT2D eigenvalue weighted by Crippen LogP contribution is 2.33. The molecular formula is C49H68N4O6. The molecule has 2 aliphatic rings. The highest BCUT2D eigenvalue weighted by molar-refractivity contribution is 5.68. The average molecular weight is 809 g/mol. The number of nitrogens with two attached hydrogens (primary N) is 1. The molecule has 2 saturated heterocycles. The maximum absolute atomic E-state index is 12.9. The minimum atomic E-state index is -0.771. The summed E-state index contributed by atoms with van der Waals surface area (Å²) in [5.74, 6) is 1.07. The van der Waals surface area contributed by atoms with E-state index in [1.807, 2.05) is 72.8 Å². The molecular weight excluding hydrogens is 741 g/mol. The van der Waals surface area contributed by atoms with Crippen LogP contribution in [0.15, 0.2) is 121 Å². The third-order valence-electron chi connectivity index (χ3n) is 10.8. The standard InChI is InChI=1S/C28H38N2O5.C21H30N2O/c1-20(2)16-30(17-22-11-7-4-8-12-22)18-25(31)24(15-21-9-5-3-6-10-21)29-28(32)35-26-19-34-27-23(26)13-14-33-27;1-17(2)14-23(15-19-11-7-4-8-12-19)16-21(24)20(22)13-18-9-5-3-6-10-18/h3-12,20,23-27,31H,13-19H2,1-2H3,(H,29,32);3-12,17,20-21,24H,13-16,22H2,1-2H3/t23-,24-,25+,26-,27+;20-,21+/m00/s1. The van der Waals surface area contributed by atoms with E-state index in [9.17, 15) is 15.0 Å². The van der Waals surface area contributed by atoms with E-state index in [1.54, 1.807) is 0 Å². The number of hydrogen-bond donors (Lipinski definition) is 4. The van der Waals surface area contributed by atoms with E-state index >= 15 is 0 Å². The summed E-state index contributed by atoms with van der Waals surface area (Å²) in [4.78, 5) is 17.4. The average Bonchev–Trinajstić information content (AvgIpc) is 3.84. The second kappa shape index (κ2) is 24.2. The van der Waals surface area contributed by atoms with Gasteiger partial charge in [-0.1, -0.05) is 149 Å². The molecule has 2 aliphatic heterocycles. The van der Waals surface area contributed by atoms with Crippen LogP contribution in [-0.4, -0.2) is 102 Å². The van der Waals surface area contributed by atoms with E-state index in [4.69, 9.17) is 19.9 Å². The van der Waals surface area contributed by atoms with Gasteiger partial charge >= 0.3 is 6.09 Å². The van der Waals surface area contributed by atoms with E-state index in [2.05, 4.69) is 91.3 Å². The second-order valence-corrected chi connectivity index (χ2v) is 17.0. The molecule has 0 spiro atoms. The van der Waals surface area contributed by atoms with Crippen molar-refractivity contribution >= 4 is 6.09 Å². The van der Waals surface area contributed by atoms with Crippen LogP contribution in [-0.2, 0) is 40.1 Å². The van der Waals surface area contributed by atoms with E-state index in [0.717, 1.165) is 38.2 Å². The van der Waals surface area contributed by atoms with Gasteiger partial charge in [-0.25, -0.2) is 4.79 Å². The van der Waals surface area contributed by atoms with Gasteiger partial charge < -0.3 is 35.5 Å². The first kappa shape index (κ1) is 45.9. The van der Waals surface area contributed by atoms with Gasteiger partial charge in [0.25, 0.3) is 0 Å². The number of carbonyl (C=O) groups is 1. The second-order valence-electron chi connectivity index (χ2n) is 17.0. The predicted octanol–water partition coefficient (Wildman–Crippen LogP) is 6.68. The fraction of sp³-hybridized carbons (Fsp3) is 0.490. The molecule has 0 unspecified atom stereocenters. The maximum atomic E-state index is 12.9. The molecule has 59 heavy (non-hydrogen) atoms. The summed E-state index contributed by atoms with van der Waals surface area (Å²) in [6.45, 7) is 14.1. The predicted molar refractivity (Wildman–Crippen MR) is 234 cm³/mol. The Morgan fingerprint density at radius 3 is 1.63 bits per heavy atom. The van der Waals surface area contributed by atoms with Crippen LogP contribution in [0.2, 0.25) is 0 Å². The lowest BCUT2D eigenvalue weighted by molar-refractivity contribution is -0.0907. The zero-order chi connectivity index (χ0) is 42.0. The van der Waals surface area contributed by atoms with Crippen molar-refractivity contribution in [2.24, 2.45) is 23.5 Å². The molecule has 4 aromatic rings. The van der Waals surface area contributed by atoms with Gasteiger partial charge in [-0.05, 0) is 53.4 Å². The summed E-state index contributed by atoms with van der Waals surface area (Å²) < 4.78 is 16.9. The normalized spacial score (nSPS) is 19.5. The maximum Gasteiger partial charge on any atom is 0.407 e. The van der Waals surface area contributed by atoms with Crippen molar-refractivity contribution in [1.82, 2.24) is 15.1 Å². The zero-order valence-corrected chi connectivity index (χ0v) is 35.5. The Labute approximate surface area is 352 Å². The Kier molecular flexibility index (Phi) is 18.9. The number of nitrogens with zero attached hydrogens (tertiary/aromatic N) is 2. The fourth-order valence-corrected chi connectivity index (χ4v) is 7.96. The highest BCUT2D eigenvalue weighted by Gasteiger charge is 2.44. The number of aliphatic hydroxyl groups excluding tert-OH is 2. The number of fused-ring (bicyclic) bond motifs is 1. The number of nitrogens with one attached hydrogen (secondary N) is 1. The number of hydrogen-bond acceptors (Lipinski definition) is 9. The molecule has 5 N–H and O–H groups in total. The summed E-state index contributed by atoms with van der Waals surface area (Å²) in [5, 5.41) is 24.9. The van der Waals surface area contributed by atoms with Crippen molar-refractivity contribution in [1.29, 1.82) is 0 Å². The Bertz CT molecular complexity index is 1730. The van der Waals surface area contributed by atoms with Gasteiger partial charge in [0.1, 0.15) is 6.10 Å². The third-order valence-corrected chi connectivity index (χ3v) is 10.8. The molecule has 7 atom stereocenters. The third kappa shape index (κ3) is 16.1. The number of aliphatic hydroxyl groups is 2. The van der Waals surface area contributed by atoms with Gasteiger partial charge in [-0.15, -0.1) is 0 Å². The fourth-order valence-electron chi connectivity index (χ4n) is 7.96. The van der Waals surface area contributed by atoms with Gasteiger partial charge in [-0.3, -0.25) is 9.80 Å². The summed E-state index contributed by atoms with van der Waals surface area (Å²) in [5.41, 5.74) is 10.9. The highest BCUT2D eigenvalue weighted by atomic mass is 16.7. The summed E-state index contributed by atoms with van der Waals surface area (Å²) >= 11 is 0. The summed E-state index contributed by atoms with van der Waals surface area (Å²) in [6.07, 6.45) is -0.405. The van der Waals surface area contributed by atoms with Gasteiger partial charge in [0.2, 0.25) is 0 Å². The van der Waals surface area contributed by atoms with E-state index in [1.165, 1.54) is 16.7 Å². The van der Waals surface area contributed by atoms with Gasteiger partial charge in [0, 0.05) is 45.3 Å². The van der Waals surface area contributed by atoms with E-state index < -0.39 is 24.3 Å². The molecule has 4 aromatic carbocycles. The Hall–Kier alpha value is -4.13. The van der Waals surface area contributed by atoms with Gasteiger partial charge in [-0.2, -0.15) is 0 Å². The minimum absolute atomic E-state index is 0.0747. The molecule has 1 amide bonds. The van der Waals surface area contributed by atoms with Crippen LogP contribution in [0.25, 0.3) is 0 Å². The van der Waals surface area contributed by atoms with Gasteiger partial charge in [0.15, 0.2) is 6.29 Å². The Morgan fingerprint density at radius 2 is 1.14 bits per heavy atom. The first-order valence-corrected chi connectivity index (χ1v) is 21.4. The number of ether oxygens (including phenoxy) is 3. The van der Waals surface area contributed by atoms with Crippen molar-refractivity contribution in [3.05, 3.63) is 144 Å². The first-order chi connectivity index (χ1) is 28.5. The lowest BCUT2D eigenvalue weighted by Crippen LogP contribution is -2.50. The molecule has 0 radical (unpaired) electrons. The molecule has 0 aliphatic carbocycles. The Morgan fingerprint density at radius 1 is 0.678 bits per heavy atom. The summed E-state index contributed by atoms with van der Waals surface area (Å²) in [7, 11) is 0. The number of rotatable bonds is 20. The van der Waals surface area contributed by atoms with Crippen LogP contribution in [0, 0.1) is 17.8 Å². The van der Waals surface area contributed by atoms with E-state index in [0.29, 0.717) is 51.0 Å². The molecule has 2 heterocycles. The minimum Gasteiger partial charge on any atom is -0.443 e. The number of amides is 1. The largest absolute Gasteiger partial charge is 0.443 e. The SMILES string of the molecule is CC(C)CN(Cc1ccccc1)C[C@@H](O)[C@@H](N)Cc1ccccc1.CC(C)CN(Cc1ccccc1)C[C@@H](O)[C@H](Cc1ccccc1)NC(=O)O[C@H]1CO[C@H]2OCC[C@H]21. The monoisotopic (exact) mass is 809 g/mol. The van der Waals surface area contributed by atoms with Crippen molar-refractivity contribution < 1.29 is 29.2 Å². The lowest BCUT2D eigenvalue weighted by Gasteiger charge is -2.31. The van der Waals surface area contributed by atoms with Crippen LogP contribution < -0.4 is 11.1 Å². The first-order valence-electron chi connectivity index (χ1n) is 21.4. The van der Waals surface area contributed by atoms with Crippen molar-refractivity contribution in [2.75, 3.05) is 39.4 Å². The van der Waals surface area contributed by atoms with E-state index in [-0.39, 0.29) is 24.4 Å². The quantitative estimate of drug-likeness (QED) is 0.0773. The van der Waals surface area contributed by atoms with Crippen molar-refractivity contribution in [3.63, 3.8) is 0 Å². The number of carbonyl (C=O) groups excluding carboxylic acids is 1. The topological polar surface area (TPSA) is 130 Å². The van der Waals surface area contributed by atoms with Crippen LogP contribution in [0.5, 0.6) is 0 Å².